The number of sulfonamides is 1. The van der Waals surface area contributed by atoms with Gasteiger partial charge in [-0.1, -0.05) is 0 Å². The van der Waals surface area contributed by atoms with E-state index in [-0.39, 0.29) is 18.0 Å². The summed E-state index contributed by atoms with van der Waals surface area (Å²) in [4.78, 5) is 4.69. The van der Waals surface area contributed by atoms with E-state index >= 15 is 0 Å². The second kappa shape index (κ2) is 5.65. The zero-order chi connectivity index (χ0) is 14.9. The van der Waals surface area contributed by atoms with Gasteiger partial charge in [-0.15, -0.1) is 11.3 Å². The fraction of sp³-hybridized carbons (Fsp3) is 0.417. The van der Waals surface area contributed by atoms with E-state index in [2.05, 4.69) is 9.71 Å². The molecule has 0 saturated heterocycles. The van der Waals surface area contributed by atoms with Crippen molar-refractivity contribution in [2.75, 3.05) is 0 Å². The number of hydrogen-bond acceptors (Lipinski definition) is 6. The highest BCUT2D eigenvalue weighted by Crippen LogP contribution is 2.26. The van der Waals surface area contributed by atoms with Gasteiger partial charge in [-0.05, 0) is 31.7 Å². The third kappa shape index (κ3) is 2.93. The molecule has 0 spiro atoms. The van der Waals surface area contributed by atoms with Crippen LogP contribution in [0.5, 0.6) is 0 Å². The highest BCUT2D eigenvalue weighted by molar-refractivity contribution is 7.89. The predicted octanol–water partition coefficient (Wildman–Crippen LogP) is 1.63. The van der Waals surface area contributed by atoms with Gasteiger partial charge in [0.1, 0.15) is 10.7 Å². The van der Waals surface area contributed by atoms with Crippen LogP contribution in [0.25, 0.3) is 0 Å². The minimum atomic E-state index is -3.69. The monoisotopic (exact) mass is 316 g/mol. The van der Waals surface area contributed by atoms with Gasteiger partial charge in [-0.2, -0.15) is 0 Å². The fourth-order valence-electron chi connectivity index (χ4n) is 1.80. The van der Waals surface area contributed by atoms with Gasteiger partial charge < -0.3 is 9.52 Å². The van der Waals surface area contributed by atoms with Crippen LogP contribution in [0, 0.1) is 20.8 Å². The molecule has 0 fully saturated rings. The maximum Gasteiger partial charge on any atom is 0.242 e. The molecule has 110 valence electrons. The van der Waals surface area contributed by atoms with Crippen molar-refractivity contribution in [2.45, 2.75) is 38.8 Å². The Kier molecular flexibility index (Phi) is 4.28. The smallest absolute Gasteiger partial charge is 0.242 e. The van der Waals surface area contributed by atoms with Gasteiger partial charge in [-0.25, -0.2) is 18.1 Å². The number of nitrogens with one attached hydrogen (secondary N) is 1. The van der Waals surface area contributed by atoms with Gasteiger partial charge >= 0.3 is 0 Å². The van der Waals surface area contributed by atoms with Crippen molar-refractivity contribution in [2.24, 2.45) is 0 Å². The first kappa shape index (κ1) is 15.2. The number of aliphatic hydroxyl groups is 1. The van der Waals surface area contributed by atoms with E-state index in [1.165, 1.54) is 11.3 Å². The lowest BCUT2D eigenvalue weighted by atomic mass is 10.3. The Morgan fingerprint density at radius 3 is 2.65 bits per heavy atom. The molecule has 2 aromatic rings. The Labute approximate surface area is 121 Å². The zero-order valence-corrected chi connectivity index (χ0v) is 13.1. The summed E-state index contributed by atoms with van der Waals surface area (Å²) in [5.41, 5.74) is 1.35. The van der Waals surface area contributed by atoms with E-state index in [0.717, 1.165) is 5.69 Å². The molecule has 0 bridgehead atoms. The number of rotatable bonds is 5. The molecular weight excluding hydrogens is 300 g/mol. The molecule has 0 amide bonds. The number of aliphatic hydroxyl groups excluding tert-OH is 1. The minimum Gasteiger partial charge on any atom is -0.444 e. The van der Waals surface area contributed by atoms with Crippen molar-refractivity contribution in [1.29, 1.82) is 0 Å². The summed E-state index contributed by atoms with van der Waals surface area (Å²) in [6, 6.07) is 0. The van der Waals surface area contributed by atoms with Gasteiger partial charge in [0, 0.05) is 0 Å². The Bertz CT molecular complexity index is 696. The van der Waals surface area contributed by atoms with Gasteiger partial charge in [0.25, 0.3) is 0 Å². The van der Waals surface area contributed by atoms with Crippen molar-refractivity contribution >= 4 is 21.4 Å². The molecule has 2 heterocycles. The molecule has 0 aliphatic carbocycles. The second-order valence-electron chi connectivity index (χ2n) is 4.40. The Balaban J connectivity index is 2.21. The topological polar surface area (TPSA) is 92.4 Å². The molecule has 0 atom stereocenters. The predicted molar refractivity (Wildman–Crippen MR) is 75.0 cm³/mol. The summed E-state index contributed by atoms with van der Waals surface area (Å²) in [7, 11) is -3.69. The summed E-state index contributed by atoms with van der Waals surface area (Å²) < 4.78 is 32.3. The molecule has 6 nitrogen and oxygen atoms in total. The van der Waals surface area contributed by atoms with Crippen molar-refractivity contribution in [3.05, 3.63) is 33.2 Å². The van der Waals surface area contributed by atoms with Crippen molar-refractivity contribution in [1.82, 2.24) is 9.71 Å². The van der Waals surface area contributed by atoms with E-state index < -0.39 is 10.0 Å². The maximum absolute atomic E-state index is 12.3. The van der Waals surface area contributed by atoms with Crippen LogP contribution in [-0.4, -0.2) is 18.5 Å². The minimum absolute atomic E-state index is 0.0167. The van der Waals surface area contributed by atoms with Gasteiger partial charge in [0.15, 0.2) is 0 Å². The lowest BCUT2D eigenvalue weighted by Gasteiger charge is -2.06. The number of aryl methyl sites for hydroxylation is 3. The second-order valence-corrected chi connectivity index (χ2v) is 7.07. The lowest BCUT2D eigenvalue weighted by Crippen LogP contribution is -2.24. The Morgan fingerprint density at radius 2 is 2.10 bits per heavy atom. The molecule has 0 aliphatic heterocycles. The number of nitrogens with zero attached hydrogens (tertiary/aromatic N) is 1. The lowest BCUT2D eigenvalue weighted by molar-refractivity contribution is 0.282. The average molecular weight is 316 g/mol. The molecule has 8 heteroatoms. The molecule has 0 radical (unpaired) electrons. The Morgan fingerprint density at radius 1 is 1.40 bits per heavy atom. The fourth-order valence-corrected chi connectivity index (χ4v) is 4.43. The van der Waals surface area contributed by atoms with Gasteiger partial charge in [0.2, 0.25) is 15.9 Å². The number of aromatic nitrogens is 1. The van der Waals surface area contributed by atoms with Crippen LogP contribution in [0.3, 0.4) is 0 Å². The van der Waals surface area contributed by atoms with Crippen LogP contribution in [0.1, 0.15) is 27.8 Å². The normalized spacial score (nSPS) is 12.0. The van der Waals surface area contributed by atoms with Crippen molar-refractivity contribution < 1.29 is 17.9 Å². The first-order valence-electron chi connectivity index (χ1n) is 5.95. The molecule has 0 aromatic carbocycles. The van der Waals surface area contributed by atoms with E-state index in [1.807, 2.05) is 0 Å². The maximum atomic E-state index is 12.3. The third-order valence-electron chi connectivity index (χ3n) is 2.89. The molecule has 2 aromatic heterocycles. The van der Waals surface area contributed by atoms with Crippen LogP contribution < -0.4 is 4.72 Å². The highest BCUT2D eigenvalue weighted by Gasteiger charge is 2.23. The van der Waals surface area contributed by atoms with E-state index in [1.54, 1.807) is 26.2 Å². The molecule has 0 unspecified atom stereocenters. The standard InChI is InChI=1S/C12H16N2O4S2/c1-7-6-19-10(5-15)12(7)20(16,17)13-4-11-14-8(2)9(3)18-11/h6,13,15H,4-5H2,1-3H3. The van der Waals surface area contributed by atoms with Crippen LogP contribution in [0.15, 0.2) is 14.7 Å². The summed E-state index contributed by atoms with van der Waals surface area (Å²) in [5.74, 6) is 0.990. The zero-order valence-electron chi connectivity index (χ0n) is 11.4. The molecule has 2 N–H and O–H groups in total. The SMILES string of the molecule is Cc1csc(CO)c1S(=O)(=O)NCc1nc(C)c(C)o1. The third-order valence-corrected chi connectivity index (χ3v) is 5.74. The Hall–Kier alpha value is -1.22. The van der Waals surface area contributed by atoms with Crippen molar-refractivity contribution in [3.63, 3.8) is 0 Å². The molecule has 2 rings (SSSR count). The summed E-state index contributed by atoms with van der Waals surface area (Å²) in [5, 5.41) is 10.9. The molecule has 0 aliphatic rings. The van der Waals surface area contributed by atoms with Gasteiger partial charge in [-0.3, -0.25) is 0 Å². The highest BCUT2D eigenvalue weighted by atomic mass is 32.2. The van der Waals surface area contributed by atoms with E-state index in [0.29, 0.717) is 22.1 Å². The first-order chi connectivity index (χ1) is 9.35. The first-order valence-corrected chi connectivity index (χ1v) is 8.32. The van der Waals surface area contributed by atoms with E-state index in [4.69, 9.17) is 4.42 Å². The van der Waals surface area contributed by atoms with Crippen LogP contribution in [0.2, 0.25) is 0 Å². The largest absolute Gasteiger partial charge is 0.444 e. The summed E-state index contributed by atoms with van der Waals surface area (Å²) in [6.45, 7) is 4.95. The number of oxazole rings is 1. The van der Waals surface area contributed by atoms with Crippen LogP contribution >= 0.6 is 11.3 Å². The summed E-state index contributed by atoms with van der Waals surface area (Å²) >= 11 is 1.22. The number of hydrogen-bond donors (Lipinski definition) is 2. The van der Waals surface area contributed by atoms with Crippen molar-refractivity contribution in [3.8, 4) is 0 Å². The van der Waals surface area contributed by atoms with Crippen LogP contribution in [-0.2, 0) is 23.2 Å². The van der Waals surface area contributed by atoms with E-state index in [9.17, 15) is 13.5 Å². The molecule has 0 saturated carbocycles. The molecular formula is C12H16N2O4S2. The summed E-state index contributed by atoms with van der Waals surface area (Å²) in [6.07, 6.45) is 0. The molecule has 20 heavy (non-hydrogen) atoms. The average Bonchev–Trinajstić information content (AvgIpc) is 2.91. The van der Waals surface area contributed by atoms with Crippen LogP contribution in [0.4, 0.5) is 0 Å². The van der Waals surface area contributed by atoms with Gasteiger partial charge in [0.05, 0.1) is 23.7 Å². The number of thiophene rings is 1. The quantitative estimate of drug-likeness (QED) is 0.874.